The Morgan fingerprint density at radius 3 is 2.48 bits per heavy atom. The van der Waals surface area contributed by atoms with Crippen molar-refractivity contribution in [2.24, 2.45) is 4.99 Å². The minimum Gasteiger partial charge on any atom is -0.347 e. The van der Waals surface area contributed by atoms with E-state index in [-0.39, 0.29) is 5.41 Å². The molecule has 0 N–H and O–H groups in total. The van der Waals surface area contributed by atoms with Crippen molar-refractivity contribution < 1.29 is 0 Å². The lowest BCUT2D eigenvalue weighted by Crippen LogP contribution is -2.23. The van der Waals surface area contributed by atoms with E-state index in [1.54, 1.807) is 0 Å². The van der Waals surface area contributed by atoms with Crippen LogP contribution in [0.25, 0.3) is 0 Å². The Labute approximate surface area is 139 Å². The molecule has 0 atom stereocenters. The Balaban J connectivity index is 1.93. The van der Waals surface area contributed by atoms with Crippen molar-refractivity contribution in [3.05, 3.63) is 70.9 Å². The summed E-state index contributed by atoms with van der Waals surface area (Å²) in [7, 11) is 2.13. The van der Waals surface area contributed by atoms with Crippen molar-refractivity contribution in [1.29, 1.82) is 0 Å². The summed E-state index contributed by atoms with van der Waals surface area (Å²) < 4.78 is 0. The van der Waals surface area contributed by atoms with Gasteiger partial charge in [0.25, 0.3) is 0 Å². The summed E-state index contributed by atoms with van der Waals surface area (Å²) >= 11 is 0. The smallest absolute Gasteiger partial charge is 0.0658 e. The summed E-state index contributed by atoms with van der Waals surface area (Å²) in [4.78, 5) is 6.91. The first kappa shape index (κ1) is 15.5. The predicted molar refractivity (Wildman–Crippen MR) is 100 cm³/mol. The van der Waals surface area contributed by atoms with E-state index in [0.717, 1.165) is 5.69 Å². The van der Waals surface area contributed by atoms with Gasteiger partial charge in [0.05, 0.1) is 5.69 Å². The second-order valence-electron chi connectivity index (χ2n) is 6.82. The van der Waals surface area contributed by atoms with Crippen LogP contribution in [-0.2, 0) is 5.41 Å². The number of hydrogen-bond donors (Lipinski definition) is 0. The molecule has 1 aliphatic rings. The van der Waals surface area contributed by atoms with Crippen LogP contribution in [0.3, 0.4) is 0 Å². The number of benzene rings is 2. The normalized spacial score (nSPS) is 18.0. The number of aliphatic imine (C=N–C) groups is 1. The SMILES string of the molecule is Cc1ccc(N=C/C=C2/N(C)c3ccccc3C2(C)C)c(C)c1. The highest BCUT2D eigenvalue weighted by Crippen LogP contribution is 2.46. The predicted octanol–water partition coefficient (Wildman–Crippen LogP) is 5.32. The molecule has 2 nitrogen and oxygen atoms in total. The highest BCUT2D eigenvalue weighted by Gasteiger charge is 2.37. The molecule has 0 bridgehead atoms. The van der Waals surface area contributed by atoms with Gasteiger partial charge < -0.3 is 4.90 Å². The molecule has 0 fully saturated rings. The molecular weight excluding hydrogens is 280 g/mol. The Hall–Kier alpha value is -2.35. The Morgan fingerprint density at radius 2 is 1.78 bits per heavy atom. The molecule has 0 amide bonds. The summed E-state index contributed by atoms with van der Waals surface area (Å²) in [5, 5.41) is 0. The maximum absolute atomic E-state index is 4.65. The summed E-state index contributed by atoms with van der Waals surface area (Å²) in [6, 6.07) is 15.0. The molecule has 1 heterocycles. The molecule has 2 aromatic rings. The monoisotopic (exact) mass is 304 g/mol. The topological polar surface area (TPSA) is 15.6 Å². The van der Waals surface area contributed by atoms with E-state index in [1.165, 1.54) is 28.1 Å². The van der Waals surface area contributed by atoms with Gasteiger partial charge in [-0.2, -0.15) is 0 Å². The van der Waals surface area contributed by atoms with Crippen LogP contribution in [0, 0.1) is 13.8 Å². The number of fused-ring (bicyclic) bond motifs is 1. The molecule has 3 rings (SSSR count). The number of anilines is 1. The molecule has 0 saturated heterocycles. The lowest BCUT2D eigenvalue weighted by Gasteiger charge is -2.23. The van der Waals surface area contributed by atoms with Crippen LogP contribution >= 0.6 is 0 Å². The van der Waals surface area contributed by atoms with Crippen LogP contribution in [0.1, 0.15) is 30.5 Å². The number of rotatable bonds is 2. The van der Waals surface area contributed by atoms with Crippen molar-refractivity contribution >= 4 is 17.6 Å². The fourth-order valence-corrected chi connectivity index (χ4v) is 3.44. The zero-order chi connectivity index (χ0) is 16.6. The molecule has 0 aromatic heterocycles. The number of allylic oxidation sites excluding steroid dienone is 2. The van der Waals surface area contributed by atoms with Crippen molar-refractivity contribution in [2.75, 3.05) is 11.9 Å². The average Bonchev–Trinajstić information content (AvgIpc) is 2.70. The molecule has 0 aliphatic carbocycles. The summed E-state index contributed by atoms with van der Waals surface area (Å²) in [5.41, 5.74) is 7.43. The quantitative estimate of drug-likeness (QED) is 0.686. The third kappa shape index (κ3) is 2.70. The third-order valence-corrected chi connectivity index (χ3v) is 4.74. The lowest BCUT2D eigenvalue weighted by molar-refractivity contribution is 0.641. The summed E-state index contributed by atoms with van der Waals surface area (Å²) in [6.07, 6.45) is 4.07. The maximum Gasteiger partial charge on any atom is 0.0658 e. The highest BCUT2D eigenvalue weighted by molar-refractivity contribution is 5.81. The standard InChI is InChI=1S/C21H24N2/c1-15-10-11-18(16(2)14-15)22-13-12-20-21(3,4)17-8-6-7-9-19(17)23(20)5/h6-14H,1-5H3/b20-12+,22-13?. The zero-order valence-corrected chi connectivity index (χ0v) is 14.6. The second kappa shape index (κ2) is 5.69. The Kier molecular flexibility index (Phi) is 3.85. The molecule has 0 radical (unpaired) electrons. The third-order valence-electron chi connectivity index (χ3n) is 4.74. The van der Waals surface area contributed by atoms with Crippen molar-refractivity contribution in [2.45, 2.75) is 33.1 Å². The van der Waals surface area contributed by atoms with Crippen LogP contribution in [-0.4, -0.2) is 13.3 Å². The van der Waals surface area contributed by atoms with E-state index in [4.69, 9.17) is 0 Å². The van der Waals surface area contributed by atoms with Gasteiger partial charge in [0.1, 0.15) is 0 Å². The van der Waals surface area contributed by atoms with E-state index >= 15 is 0 Å². The average molecular weight is 304 g/mol. The number of nitrogens with zero attached hydrogens (tertiary/aromatic N) is 2. The first-order valence-electron chi connectivity index (χ1n) is 8.06. The Bertz CT molecular complexity index is 797. The van der Waals surface area contributed by atoms with Crippen LogP contribution in [0.4, 0.5) is 11.4 Å². The van der Waals surface area contributed by atoms with E-state index in [2.05, 4.69) is 93.2 Å². The van der Waals surface area contributed by atoms with Crippen molar-refractivity contribution in [1.82, 2.24) is 0 Å². The minimum atomic E-state index is -0.000314. The molecule has 0 saturated carbocycles. The highest BCUT2D eigenvalue weighted by atomic mass is 15.2. The molecule has 2 aromatic carbocycles. The van der Waals surface area contributed by atoms with Crippen LogP contribution in [0.5, 0.6) is 0 Å². The van der Waals surface area contributed by atoms with Crippen LogP contribution in [0.15, 0.2) is 59.2 Å². The lowest BCUT2D eigenvalue weighted by atomic mass is 9.84. The number of likely N-dealkylation sites (N-methyl/N-ethyl adjacent to an activating group) is 1. The van der Waals surface area contributed by atoms with Crippen molar-refractivity contribution in [3.63, 3.8) is 0 Å². The number of para-hydroxylation sites is 1. The van der Waals surface area contributed by atoms with Gasteiger partial charge >= 0.3 is 0 Å². The van der Waals surface area contributed by atoms with Gasteiger partial charge in [-0.3, -0.25) is 4.99 Å². The molecule has 0 unspecified atom stereocenters. The van der Waals surface area contributed by atoms with E-state index in [9.17, 15) is 0 Å². The molecular formula is C21H24N2. The Morgan fingerprint density at radius 1 is 1.04 bits per heavy atom. The number of aryl methyl sites for hydroxylation is 2. The minimum absolute atomic E-state index is 0.000314. The largest absolute Gasteiger partial charge is 0.347 e. The second-order valence-corrected chi connectivity index (χ2v) is 6.82. The molecule has 2 heteroatoms. The van der Waals surface area contributed by atoms with E-state index in [1.807, 2.05) is 6.21 Å². The van der Waals surface area contributed by atoms with Crippen LogP contribution in [0.2, 0.25) is 0 Å². The van der Waals surface area contributed by atoms with Gasteiger partial charge in [0, 0.05) is 30.1 Å². The van der Waals surface area contributed by atoms with Crippen molar-refractivity contribution in [3.8, 4) is 0 Å². The van der Waals surface area contributed by atoms with Gasteiger partial charge in [0.15, 0.2) is 0 Å². The molecule has 118 valence electrons. The summed E-state index contributed by atoms with van der Waals surface area (Å²) in [5.74, 6) is 0. The van der Waals surface area contributed by atoms with Gasteiger partial charge in [-0.05, 0) is 43.2 Å². The van der Waals surface area contributed by atoms with Crippen LogP contribution < -0.4 is 4.90 Å². The first-order chi connectivity index (χ1) is 10.9. The van der Waals surface area contributed by atoms with Gasteiger partial charge in [-0.15, -0.1) is 0 Å². The number of hydrogen-bond acceptors (Lipinski definition) is 2. The fraction of sp³-hybridized carbons (Fsp3) is 0.286. The van der Waals surface area contributed by atoms with E-state index in [0.29, 0.717) is 0 Å². The molecule has 1 aliphatic heterocycles. The fourth-order valence-electron chi connectivity index (χ4n) is 3.44. The van der Waals surface area contributed by atoms with Gasteiger partial charge in [0.2, 0.25) is 0 Å². The molecule has 0 spiro atoms. The molecule has 23 heavy (non-hydrogen) atoms. The maximum atomic E-state index is 4.65. The summed E-state index contributed by atoms with van der Waals surface area (Å²) in [6.45, 7) is 8.75. The van der Waals surface area contributed by atoms with E-state index < -0.39 is 0 Å². The zero-order valence-electron chi connectivity index (χ0n) is 14.6. The van der Waals surface area contributed by atoms with Gasteiger partial charge in [-0.25, -0.2) is 0 Å². The first-order valence-corrected chi connectivity index (χ1v) is 8.06. The van der Waals surface area contributed by atoms with Gasteiger partial charge in [-0.1, -0.05) is 49.7 Å².